The predicted molar refractivity (Wildman–Crippen MR) is 97.9 cm³/mol. The molecule has 2 aliphatic rings. The van der Waals surface area contributed by atoms with Crippen LogP contribution in [0.15, 0.2) is 65.6 Å². The number of allylic oxidation sites excluding steroid dienone is 2. The van der Waals surface area contributed by atoms with Crippen LogP contribution >= 0.6 is 0 Å². The summed E-state index contributed by atoms with van der Waals surface area (Å²) in [6.07, 6.45) is 8.50. The Hall–Kier alpha value is -2.95. The summed E-state index contributed by atoms with van der Waals surface area (Å²) in [7, 11) is 0. The smallest absolute Gasteiger partial charge is 0.252 e. The van der Waals surface area contributed by atoms with Crippen molar-refractivity contribution in [3.05, 3.63) is 71.2 Å². The number of anilines is 2. The summed E-state index contributed by atoms with van der Waals surface area (Å²) in [5, 5.41) is 4.11. The van der Waals surface area contributed by atoms with E-state index in [4.69, 9.17) is 0 Å². The first-order valence-corrected chi connectivity index (χ1v) is 8.66. The molecule has 0 amide bonds. The van der Waals surface area contributed by atoms with Gasteiger partial charge in [0.15, 0.2) is 0 Å². The van der Waals surface area contributed by atoms with Crippen molar-refractivity contribution < 1.29 is 0 Å². The summed E-state index contributed by atoms with van der Waals surface area (Å²) in [4.78, 5) is 21.7. The van der Waals surface area contributed by atoms with Gasteiger partial charge in [0.05, 0.1) is 0 Å². The molecule has 2 bridgehead atoms. The number of aromatic nitrogens is 3. The zero-order chi connectivity index (χ0) is 16.8. The van der Waals surface area contributed by atoms with Gasteiger partial charge in [0, 0.05) is 29.4 Å². The van der Waals surface area contributed by atoms with E-state index in [2.05, 4.69) is 27.4 Å². The fourth-order valence-corrected chi connectivity index (χ4v) is 4.12. The standard InChI is InChI=1S/C20H18N4O/c25-18-9-8-15-12-21-20(22-16-4-2-1-3-5-16)23-19(15)24(18)17-11-13-6-7-14(17)10-13/h1-9,12-14,17H,10-11H2,(H,21,22,23). The molecule has 0 spiro atoms. The second-order valence-electron chi connectivity index (χ2n) is 6.85. The normalized spacial score (nSPS) is 24.1. The number of para-hydroxylation sites is 1. The molecular weight excluding hydrogens is 312 g/mol. The Morgan fingerprint density at radius 1 is 1.04 bits per heavy atom. The third-order valence-corrected chi connectivity index (χ3v) is 5.27. The first-order valence-electron chi connectivity index (χ1n) is 8.66. The highest BCUT2D eigenvalue weighted by Crippen LogP contribution is 2.46. The summed E-state index contributed by atoms with van der Waals surface area (Å²) in [5.74, 6) is 1.55. The average Bonchev–Trinajstić information content (AvgIpc) is 3.26. The van der Waals surface area contributed by atoms with Crippen LogP contribution in [-0.4, -0.2) is 14.5 Å². The van der Waals surface area contributed by atoms with E-state index in [1.807, 2.05) is 41.0 Å². The van der Waals surface area contributed by atoms with Crippen LogP contribution in [0, 0.1) is 11.8 Å². The molecule has 2 aromatic heterocycles. The maximum atomic E-state index is 12.6. The van der Waals surface area contributed by atoms with Crippen LogP contribution in [0.2, 0.25) is 0 Å². The summed E-state index contributed by atoms with van der Waals surface area (Å²) in [6.45, 7) is 0. The van der Waals surface area contributed by atoms with Crippen molar-refractivity contribution in [1.82, 2.24) is 14.5 Å². The molecule has 1 fully saturated rings. The number of fused-ring (bicyclic) bond motifs is 3. The highest BCUT2D eigenvalue weighted by Gasteiger charge is 2.37. The van der Waals surface area contributed by atoms with Crippen molar-refractivity contribution in [2.75, 3.05) is 5.32 Å². The van der Waals surface area contributed by atoms with Gasteiger partial charge in [-0.3, -0.25) is 9.36 Å². The van der Waals surface area contributed by atoms with Crippen LogP contribution < -0.4 is 10.9 Å². The molecule has 2 aliphatic carbocycles. The zero-order valence-corrected chi connectivity index (χ0v) is 13.7. The van der Waals surface area contributed by atoms with Gasteiger partial charge in [-0.05, 0) is 42.9 Å². The minimum Gasteiger partial charge on any atom is -0.324 e. The largest absolute Gasteiger partial charge is 0.324 e. The lowest BCUT2D eigenvalue weighted by Crippen LogP contribution is -2.27. The highest BCUT2D eigenvalue weighted by molar-refractivity contribution is 5.75. The fraction of sp³-hybridized carbons (Fsp3) is 0.250. The molecule has 1 aromatic carbocycles. The monoisotopic (exact) mass is 330 g/mol. The Labute approximate surface area is 145 Å². The molecule has 124 valence electrons. The van der Waals surface area contributed by atoms with Gasteiger partial charge in [-0.25, -0.2) is 4.98 Å². The maximum Gasteiger partial charge on any atom is 0.252 e. The van der Waals surface area contributed by atoms with E-state index in [1.54, 1.807) is 12.3 Å². The third-order valence-electron chi connectivity index (χ3n) is 5.27. The Morgan fingerprint density at radius 2 is 1.92 bits per heavy atom. The Kier molecular flexibility index (Phi) is 3.20. The third kappa shape index (κ3) is 2.43. The van der Waals surface area contributed by atoms with Gasteiger partial charge in [-0.1, -0.05) is 30.4 Å². The van der Waals surface area contributed by atoms with E-state index >= 15 is 0 Å². The predicted octanol–water partition coefficient (Wildman–Crippen LogP) is 3.67. The molecule has 1 N–H and O–H groups in total. The molecule has 0 radical (unpaired) electrons. The van der Waals surface area contributed by atoms with Gasteiger partial charge < -0.3 is 5.32 Å². The van der Waals surface area contributed by atoms with Crippen molar-refractivity contribution in [3.63, 3.8) is 0 Å². The molecule has 3 aromatic rings. The number of pyridine rings is 1. The quantitative estimate of drug-likeness (QED) is 0.744. The summed E-state index contributed by atoms with van der Waals surface area (Å²) < 4.78 is 1.88. The lowest BCUT2D eigenvalue weighted by atomic mass is 10.0. The summed E-state index contributed by atoms with van der Waals surface area (Å²) in [5.41, 5.74) is 1.66. The first-order chi connectivity index (χ1) is 12.3. The molecule has 3 atom stereocenters. The number of rotatable bonds is 3. The van der Waals surface area contributed by atoms with E-state index in [1.165, 1.54) is 0 Å². The number of hydrogen-bond acceptors (Lipinski definition) is 4. The first kappa shape index (κ1) is 14.4. The molecule has 0 aliphatic heterocycles. The van der Waals surface area contributed by atoms with E-state index in [0.29, 0.717) is 23.4 Å². The van der Waals surface area contributed by atoms with Crippen molar-refractivity contribution in [2.24, 2.45) is 11.8 Å². The van der Waals surface area contributed by atoms with Crippen LogP contribution in [-0.2, 0) is 0 Å². The van der Waals surface area contributed by atoms with E-state index < -0.39 is 0 Å². The second-order valence-corrected chi connectivity index (χ2v) is 6.85. The highest BCUT2D eigenvalue weighted by atomic mass is 16.1. The Morgan fingerprint density at radius 3 is 2.68 bits per heavy atom. The average molecular weight is 330 g/mol. The molecule has 5 rings (SSSR count). The van der Waals surface area contributed by atoms with Gasteiger partial charge in [0.25, 0.3) is 5.56 Å². The van der Waals surface area contributed by atoms with Crippen molar-refractivity contribution in [2.45, 2.75) is 18.9 Å². The molecule has 5 nitrogen and oxygen atoms in total. The van der Waals surface area contributed by atoms with Gasteiger partial charge in [0.2, 0.25) is 5.95 Å². The molecule has 3 unspecified atom stereocenters. The van der Waals surface area contributed by atoms with Crippen LogP contribution in [0.3, 0.4) is 0 Å². The number of nitrogens with one attached hydrogen (secondary N) is 1. The van der Waals surface area contributed by atoms with Crippen LogP contribution in [0.1, 0.15) is 18.9 Å². The molecular formula is C20H18N4O. The summed E-state index contributed by atoms with van der Waals surface area (Å²) >= 11 is 0. The molecule has 0 saturated heterocycles. The number of benzene rings is 1. The zero-order valence-electron chi connectivity index (χ0n) is 13.7. The lowest BCUT2D eigenvalue weighted by Gasteiger charge is -2.22. The van der Waals surface area contributed by atoms with Crippen molar-refractivity contribution in [1.29, 1.82) is 0 Å². The fourth-order valence-electron chi connectivity index (χ4n) is 4.12. The van der Waals surface area contributed by atoms with Crippen LogP contribution in [0.4, 0.5) is 11.6 Å². The Balaban J connectivity index is 1.61. The molecule has 2 heterocycles. The topological polar surface area (TPSA) is 59.8 Å². The minimum absolute atomic E-state index is 0.0165. The minimum atomic E-state index is 0.0165. The second kappa shape index (κ2) is 5.55. The molecule has 5 heteroatoms. The number of hydrogen-bond donors (Lipinski definition) is 1. The maximum absolute atomic E-state index is 12.6. The molecule has 1 saturated carbocycles. The summed E-state index contributed by atoms with van der Waals surface area (Å²) in [6, 6.07) is 13.5. The van der Waals surface area contributed by atoms with Gasteiger partial charge in [-0.15, -0.1) is 0 Å². The SMILES string of the molecule is O=c1ccc2cnc(Nc3ccccc3)nc2n1C1CC2C=CC1C2. The van der Waals surface area contributed by atoms with Gasteiger partial charge in [-0.2, -0.15) is 4.98 Å². The lowest BCUT2D eigenvalue weighted by molar-refractivity contribution is 0.431. The van der Waals surface area contributed by atoms with E-state index in [-0.39, 0.29) is 11.6 Å². The van der Waals surface area contributed by atoms with Crippen molar-refractivity contribution in [3.8, 4) is 0 Å². The van der Waals surface area contributed by atoms with Gasteiger partial charge in [0.1, 0.15) is 5.65 Å². The van der Waals surface area contributed by atoms with E-state index in [0.717, 1.165) is 23.9 Å². The van der Waals surface area contributed by atoms with E-state index in [9.17, 15) is 4.79 Å². The number of nitrogens with zero attached hydrogens (tertiary/aromatic N) is 3. The molecule has 25 heavy (non-hydrogen) atoms. The van der Waals surface area contributed by atoms with Gasteiger partial charge >= 0.3 is 0 Å². The van der Waals surface area contributed by atoms with Crippen LogP contribution in [0.5, 0.6) is 0 Å². The van der Waals surface area contributed by atoms with Crippen molar-refractivity contribution >= 4 is 22.7 Å². The Bertz CT molecular complexity index is 1020. The van der Waals surface area contributed by atoms with Crippen LogP contribution in [0.25, 0.3) is 11.0 Å².